The zero-order valence-corrected chi connectivity index (χ0v) is 17.8. The van der Waals surface area contributed by atoms with Gasteiger partial charge in [-0.3, -0.25) is 0 Å². The van der Waals surface area contributed by atoms with Crippen molar-refractivity contribution < 1.29 is 0 Å². The van der Waals surface area contributed by atoms with Crippen LogP contribution in [0.15, 0.2) is 30.3 Å². The van der Waals surface area contributed by atoms with E-state index in [9.17, 15) is 0 Å². The molecule has 0 aliphatic carbocycles. The Kier molecular flexibility index (Phi) is 10.1. The molecular weight excluding hydrogens is 328 g/mol. The van der Waals surface area contributed by atoms with E-state index in [2.05, 4.69) is 61.3 Å². The molecule has 0 aliphatic heterocycles. The first-order valence-electron chi connectivity index (χ1n) is 11.2. The van der Waals surface area contributed by atoms with Crippen molar-refractivity contribution in [1.29, 1.82) is 0 Å². The number of hydrogen-bond acceptors (Lipinski definition) is 2. The van der Waals surface area contributed by atoms with E-state index in [0.717, 1.165) is 17.8 Å². The van der Waals surface area contributed by atoms with E-state index in [-0.39, 0.29) is 0 Å². The lowest BCUT2D eigenvalue weighted by Crippen LogP contribution is -1.97. The topological polar surface area (TPSA) is 25.8 Å². The summed E-state index contributed by atoms with van der Waals surface area (Å²) in [6, 6.07) is 11.1. The number of rotatable bonds is 13. The molecular formula is C25H38N2. The van der Waals surface area contributed by atoms with Gasteiger partial charge in [0.05, 0.1) is 11.4 Å². The van der Waals surface area contributed by atoms with Crippen LogP contribution in [0.25, 0.3) is 11.3 Å². The van der Waals surface area contributed by atoms with Crippen LogP contribution in [0, 0.1) is 6.92 Å². The maximum Gasteiger partial charge on any atom is 0.0932 e. The maximum absolute atomic E-state index is 4.50. The van der Waals surface area contributed by atoms with E-state index in [4.69, 9.17) is 0 Å². The van der Waals surface area contributed by atoms with Gasteiger partial charge in [-0.25, -0.2) is 0 Å². The van der Waals surface area contributed by atoms with E-state index >= 15 is 0 Å². The lowest BCUT2D eigenvalue weighted by atomic mass is 9.99. The molecule has 0 aliphatic rings. The summed E-state index contributed by atoms with van der Waals surface area (Å²) in [5.41, 5.74) is 6.09. The molecule has 1 aromatic carbocycles. The van der Waals surface area contributed by atoms with Gasteiger partial charge in [0.15, 0.2) is 0 Å². The second-order valence-electron chi connectivity index (χ2n) is 7.89. The first-order chi connectivity index (χ1) is 13.2. The number of nitrogens with zero attached hydrogens (tertiary/aromatic N) is 2. The summed E-state index contributed by atoms with van der Waals surface area (Å²) in [5.74, 6) is 0. The van der Waals surface area contributed by atoms with Crippen LogP contribution in [-0.2, 0) is 12.8 Å². The summed E-state index contributed by atoms with van der Waals surface area (Å²) in [5, 5.41) is 8.98. The van der Waals surface area contributed by atoms with Gasteiger partial charge in [-0.15, -0.1) is 0 Å². The third kappa shape index (κ3) is 7.82. The second kappa shape index (κ2) is 12.6. The van der Waals surface area contributed by atoms with Crippen LogP contribution in [0.3, 0.4) is 0 Å². The Morgan fingerprint density at radius 2 is 1.33 bits per heavy atom. The van der Waals surface area contributed by atoms with Gasteiger partial charge in [0.2, 0.25) is 0 Å². The van der Waals surface area contributed by atoms with Gasteiger partial charge < -0.3 is 0 Å². The van der Waals surface area contributed by atoms with Gasteiger partial charge in [0, 0.05) is 5.56 Å². The summed E-state index contributed by atoms with van der Waals surface area (Å²) in [6.45, 7) is 6.72. The molecule has 0 saturated carbocycles. The minimum absolute atomic E-state index is 0.997. The Morgan fingerprint density at radius 1 is 0.667 bits per heavy atom. The van der Waals surface area contributed by atoms with Crippen molar-refractivity contribution in [2.24, 2.45) is 0 Å². The Hall–Kier alpha value is -1.70. The Balaban J connectivity index is 1.85. The molecule has 0 radical (unpaired) electrons. The Labute approximate surface area is 166 Å². The molecule has 0 spiro atoms. The fourth-order valence-electron chi connectivity index (χ4n) is 3.65. The molecule has 27 heavy (non-hydrogen) atoms. The van der Waals surface area contributed by atoms with Crippen LogP contribution in [0.5, 0.6) is 0 Å². The van der Waals surface area contributed by atoms with E-state index in [1.165, 1.54) is 87.3 Å². The van der Waals surface area contributed by atoms with Crippen molar-refractivity contribution >= 4 is 0 Å². The molecule has 2 aromatic rings. The predicted molar refractivity (Wildman–Crippen MR) is 117 cm³/mol. The van der Waals surface area contributed by atoms with Gasteiger partial charge in [-0.2, -0.15) is 10.2 Å². The molecule has 2 rings (SSSR count). The van der Waals surface area contributed by atoms with Crippen molar-refractivity contribution in [3.05, 3.63) is 47.2 Å². The number of unbranched alkanes of at least 4 members (excludes halogenated alkanes) is 8. The summed E-state index contributed by atoms with van der Waals surface area (Å²) < 4.78 is 0. The van der Waals surface area contributed by atoms with Crippen molar-refractivity contribution in [2.45, 2.75) is 97.8 Å². The summed E-state index contributed by atoms with van der Waals surface area (Å²) in [4.78, 5) is 0. The molecule has 2 nitrogen and oxygen atoms in total. The highest BCUT2D eigenvalue weighted by Gasteiger charge is 2.06. The molecule has 0 atom stereocenters. The lowest BCUT2D eigenvalue weighted by molar-refractivity contribution is 0.603. The van der Waals surface area contributed by atoms with Crippen LogP contribution >= 0.6 is 0 Å². The molecule has 0 N–H and O–H groups in total. The van der Waals surface area contributed by atoms with E-state index < -0.39 is 0 Å². The molecule has 0 bridgehead atoms. The monoisotopic (exact) mass is 366 g/mol. The molecule has 0 fully saturated rings. The number of benzene rings is 1. The van der Waals surface area contributed by atoms with Crippen molar-refractivity contribution in [2.75, 3.05) is 0 Å². The van der Waals surface area contributed by atoms with Gasteiger partial charge >= 0.3 is 0 Å². The SMILES string of the molecule is CCCCCCCCc1ccc(-c2ccc(CCCCCC)cc2C)nn1. The van der Waals surface area contributed by atoms with Crippen molar-refractivity contribution in [1.82, 2.24) is 10.2 Å². The van der Waals surface area contributed by atoms with Crippen molar-refractivity contribution in [3.8, 4) is 11.3 Å². The molecule has 1 heterocycles. The standard InChI is InChI=1S/C25H38N2/c1-4-6-8-10-11-13-15-23-17-19-25(27-26-23)24-18-16-22(20-21(24)3)14-12-9-7-5-2/h16-20H,4-15H2,1-3H3. The Morgan fingerprint density at radius 3 is 2.00 bits per heavy atom. The van der Waals surface area contributed by atoms with Gasteiger partial charge in [-0.1, -0.05) is 83.4 Å². The quantitative estimate of drug-likeness (QED) is 0.343. The maximum atomic E-state index is 4.50. The zero-order chi connectivity index (χ0) is 19.3. The van der Waals surface area contributed by atoms with Crippen LogP contribution in [0.1, 0.15) is 94.9 Å². The van der Waals surface area contributed by atoms with E-state index in [0.29, 0.717) is 0 Å². The normalized spacial score (nSPS) is 11.1. The Bertz CT molecular complexity index is 646. The third-order valence-corrected chi connectivity index (χ3v) is 5.39. The van der Waals surface area contributed by atoms with Gasteiger partial charge in [0.1, 0.15) is 0 Å². The predicted octanol–water partition coefficient (Wildman–Crippen LogP) is 7.48. The molecule has 2 heteroatoms. The lowest BCUT2D eigenvalue weighted by Gasteiger charge is -2.09. The summed E-state index contributed by atoms with van der Waals surface area (Å²) >= 11 is 0. The minimum Gasteiger partial charge on any atom is -0.155 e. The minimum atomic E-state index is 0.997. The van der Waals surface area contributed by atoms with E-state index in [1.54, 1.807) is 0 Å². The largest absolute Gasteiger partial charge is 0.155 e. The zero-order valence-electron chi connectivity index (χ0n) is 17.8. The average molecular weight is 367 g/mol. The summed E-state index contributed by atoms with van der Waals surface area (Å²) in [6.07, 6.45) is 15.4. The average Bonchev–Trinajstić information content (AvgIpc) is 2.69. The van der Waals surface area contributed by atoms with E-state index in [1.807, 2.05) is 0 Å². The smallest absolute Gasteiger partial charge is 0.0932 e. The van der Waals surface area contributed by atoms with Crippen molar-refractivity contribution in [3.63, 3.8) is 0 Å². The van der Waals surface area contributed by atoms with Crippen LogP contribution in [-0.4, -0.2) is 10.2 Å². The highest BCUT2D eigenvalue weighted by Crippen LogP contribution is 2.23. The van der Waals surface area contributed by atoms with Gasteiger partial charge in [-0.05, 0) is 55.9 Å². The fourth-order valence-corrected chi connectivity index (χ4v) is 3.65. The first-order valence-corrected chi connectivity index (χ1v) is 11.2. The fraction of sp³-hybridized carbons (Fsp3) is 0.600. The molecule has 1 aromatic heterocycles. The highest BCUT2D eigenvalue weighted by molar-refractivity contribution is 5.63. The molecule has 0 amide bonds. The number of aryl methyl sites for hydroxylation is 3. The number of hydrogen-bond donors (Lipinski definition) is 0. The van der Waals surface area contributed by atoms with Crippen LogP contribution in [0.4, 0.5) is 0 Å². The highest BCUT2D eigenvalue weighted by atomic mass is 15.1. The van der Waals surface area contributed by atoms with Crippen LogP contribution in [0.2, 0.25) is 0 Å². The third-order valence-electron chi connectivity index (χ3n) is 5.39. The number of aromatic nitrogens is 2. The molecule has 0 unspecified atom stereocenters. The second-order valence-corrected chi connectivity index (χ2v) is 7.89. The summed E-state index contributed by atoms with van der Waals surface area (Å²) in [7, 11) is 0. The molecule has 148 valence electrons. The van der Waals surface area contributed by atoms with Crippen LogP contribution < -0.4 is 0 Å². The van der Waals surface area contributed by atoms with Gasteiger partial charge in [0.25, 0.3) is 0 Å². The molecule has 0 saturated heterocycles. The first kappa shape index (κ1) is 21.6.